The van der Waals surface area contributed by atoms with Crippen LogP contribution in [0.2, 0.25) is 0 Å². The van der Waals surface area contributed by atoms with E-state index in [9.17, 15) is 22.4 Å². The molecular formula is C22H27F5O2S. The maximum atomic E-state index is 15.5. The van der Waals surface area contributed by atoms with E-state index < -0.39 is 60.5 Å². The molecule has 2 aliphatic rings. The maximum Gasteiger partial charge on any atom is 0.314 e. The first kappa shape index (κ1) is 23.4. The van der Waals surface area contributed by atoms with Crippen molar-refractivity contribution >= 4 is 18.6 Å². The Morgan fingerprint density at radius 3 is 2.23 bits per heavy atom. The lowest BCUT2D eigenvalue weighted by atomic mass is 9.63. The minimum atomic E-state index is -2.99. The average Bonchev–Trinajstić information content (AvgIpc) is 2.73. The van der Waals surface area contributed by atoms with Gasteiger partial charge in [-0.25, -0.2) is 22.0 Å². The van der Waals surface area contributed by atoms with Crippen molar-refractivity contribution in [1.29, 1.82) is 0 Å². The van der Waals surface area contributed by atoms with Gasteiger partial charge in [-0.05, 0) is 62.3 Å². The van der Waals surface area contributed by atoms with Crippen LogP contribution in [-0.4, -0.2) is 35.8 Å². The Morgan fingerprint density at radius 2 is 1.67 bits per heavy atom. The average molecular weight is 451 g/mol. The fourth-order valence-corrected chi connectivity index (χ4v) is 4.96. The van der Waals surface area contributed by atoms with Crippen molar-refractivity contribution in [2.24, 2.45) is 11.8 Å². The molecule has 5 unspecified atom stereocenters. The summed E-state index contributed by atoms with van der Waals surface area (Å²) in [4.78, 5) is 13.1. The summed E-state index contributed by atoms with van der Waals surface area (Å²) in [5.41, 5.74) is -5.77. The summed E-state index contributed by atoms with van der Waals surface area (Å²) in [6.07, 6.45) is -8.73. The van der Waals surface area contributed by atoms with Crippen molar-refractivity contribution in [2.75, 3.05) is 0 Å². The normalized spacial score (nSPS) is 39.5. The van der Waals surface area contributed by atoms with E-state index in [-0.39, 0.29) is 32.1 Å². The molecule has 1 aromatic rings. The second-order valence-electron chi connectivity index (χ2n) is 8.54. The highest BCUT2D eigenvalue weighted by Gasteiger charge is 2.66. The maximum absolute atomic E-state index is 15.5. The molecule has 0 amide bonds. The molecule has 0 heterocycles. The van der Waals surface area contributed by atoms with Gasteiger partial charge in [-0.15, -0.1) is 12.6 Å². The third kappa shape index (κ3) is 4.34. The summed E-state index contributed by atoms with van der Waals surface area (Å²) in [5, 5.41) is 0. The van der Waals surface area contributed by atoms with Crippen LogP contribution in [0.3, 0.4) is 0 Å². The molecule has 2 saturated carbocycles. The molecule has 2 nitrogen and oxygen atoms in total. The molecule has 0 aliphatic heterocycles. The van der Waals surface area contributed by atoms with Gasteiger partial charge < -0.3 is 4.74 Å². The number of thiol groups is 1. The van der Waals surface area contributed by atoms with Gasteiger partial charge in [-0.2, -0.15) is 0 Å². The van der Waals surface area contributed by atoms with Crippen molar-refractivity contribution in [1.82, 2.24) is 0 Å². The van der Waals surface area contributed by atoms with Crippen LogP contribution in [0.15, 0.2) is 29.2 Å². The summed E-state index contributed by atoms with van der Waals surface area (Å²) in [5.74, 6) is -1.60. The molecule has 0 bridgehead atoms. The van der Waals surface area contributed by atoms with E-state index in [2.05, 4.69) is 12.6 Å². The largest absolute Gasteiger partial charge is 0.426 e. The standard InChI is InChI=1S/C22H27F5O2S/c1-2-11-21(26)17(23)12-22(27,19(25)18(21)24)14-5-3-13(4-6-14)20(28)29-15-7-9-16(30)10-8-15/h7-10,13-14,17-19,30H,2-6,11-12H2,1H3. The van der Waals surface area contributed by atoms with Crippen molar-refractivity contribution < 1.29 is 31.5 Å². The highest BCUT2D eigenvalue weighted by Crippen LogP contribution is 2.53. The Bertz CT molecular complexity index is 740. The summed E-state index contributed by atoms with van der Waals surface area (Å²) < 4.78 is 79.2. The minimum Gasteiger partial charge on any atom is -0.426 e. The van der Waals surface area contributed by atoms with Gasteiger partial charge in [-0.3, -0.25) is 4.79 Å². The Balaban J connectivity index is 1.62. The van der Waals surface area contributed by atoms with E-state index in [1.807, 2.05) is 0 Å². The van der Waals surface area contributed by atoms with E-state index in [1.54, 1.807) is 31.2 Å². The number of halogens is 5. The van der Waals surface area contributed by atoms with Crippen molar-refractivity contribution in [2.45, 2.75) is 86.6 Å². The molecule has 0 aromatic heterocycles. The molecule has 8 heteroatoms. The molecular weight excluding hydrogens is 423 g/mol. The van der Waals surface area contributed by atoms with Crippen LogP contribution in [0.5, 0.6) is 5.75 Å². The highest BCUT2D eigenvalue weighted by molar-refractivity contribution is 7.80. The molecule has 0 radical (unpaired) electrons. The second kappa shape index (κ2) is 9.05. The van der Waals surface area contributed by atoms with Crippen LogP contribution in [0.4, 0.5) is 22.0 Å². The summed E-state index contributed by atoms with van der Waals surface area (Å²) in [6, 6.07) is 6.54. The number of benzene rings is 1. The van der Waals surface area contributed by atoms with Crippen LogP contribution in [-0.2, 0) is 4.79 Å². The van der Waals surface area contributed by atoms with Crippen molar-refractivity contribution in [3.63, 3.8) is 0 Å². The van der Waals surface area contributed by atoms with Gasteiger partial charge in [0.2, 0.25) is 0 Å². The molecule has 0 saturated heterocycles. The summed E-state index contributed by atoms with van der Waals surface area (Å²) >= 11 is 4.15. The van der Waals surface area contributed by atoms with Crippen molar-refractivity contribution in [3.8, 4) is 5.75 Å². The van der Waals surface area contributed by atoms with Gasteiger partial charge in [0, 0.05) is 11.3 Å². The highest BCUT2D eigenvalue weighted by atomic mass is 32.1. The van der Waals surface area contributed by atoms with Gasteiger partial charge in [0.05, 0.1) is 5.92 Å². The number of esters is 1. The van der Waals surface area contributed by atoms with Gasteiger partial charge in [0.1, 0.15) is 11.9 Å². The van der Waals surface area contributed by atoms with Crippen LogP contribution in [0.25, 0.3) is 0 Å². The zero-order chi connectivity index (χ0) is 22.1. The predicted octanol–water partition coefficient (Wildman–Crippen LogP) is 6.32. The van der Waals surface area contributed by atoms with E-state index >= 15 is 4.39 Å². The Hall–Kier alpha value is -1.31. The van der Waals surface area contributed by atoms with Crippen molar-refractivity contribution in [3.05, 3.63) is 24.3 Å². The Morgan fingerprint density at radius 1 is 1.07 bits per heavy atom. The molecule has 0 N–H and O–H groups in total. The number of hydrogen-bond acceptors (Lipinski definition) is 3. The van der Waals surface area contributed by atoms with E-state index in [1.165, 1.54) is 0 Å². The number of carbonyl (C=O) groups is 1. The number of ether oxygens (including phenoxy) is 1. The van der Waals surface area contributed by atoms with Crippen LogP contribution >= 0.6 is 12.6 Å². The molecule has 168 valence electrons. The zero-order valence-corrected chi connectivity index (χ0v) is 17.7. The fourth-order valence-electron chi connectivity index (χ4n) is 4.81. The number of hydrogen-bond donors (Lipinski definition) is 1. The van der Waals surface area contributed by atoms with Gasteiger partial charge in [0.15, 0.2) is 23.7 Å². The lowest BCUT2D eigenvalue weighted by Gasteiger charge is -2.49. The molecule has 2 fully saturated rings. The Kier molecular flexibility index (Phi) is 7.04. The molecule has 1 aromatic carbocycles. The molecule has 3 rings (SSSR count). The van der Waals surface area contributed by atoms with E-state index in [0.717, 1.165) is 0 Å². The fraction of sp³-hybridized carbons (Fsp3) is 0.682. The summed E-state index contributed by atoms with van der Waals surface area (Å²) in [6.45, 7) is 1.54. The monoisotopic (exact) mass is 450 g/mol. The van der Waals surface area contributed by atoms with Gasteiger partial charge >= 0.3 is 5.97 Å². The van der Waals surface area contributed by atoms with Gasteiger partial charge in [0.25, 0.3) is 0 Å². The second-order valence-corrected chi connectivity index (χ2v) is 9.06. The first-order chi connectivity index (χ1) is 14.1. The molecule has 2 aliphatic carbocycles. The van der Waals surface area contributed by atoms with Gasteiger partial charge in [-0.1, -0.05) is 13.3 Å². The number of carbonyl (C=O) groups excluding carboxylic acids is 1. The first-order valence-electron chi connectivity index (χ1n) is 10.4. The van der Waals surface area contributed by atoms with E-state index in [4.69, 9.17) is 4.74 Å². The molecule has 30 heavy (non-hydrogen) atoms. The predicted molar refractivity (Wildman–Crippen MR) is 107 cm³/mol. The number of rotatable bonds is 5. The minimum absolute atomic E-state index is 0.0821. The van der Waals surface area contributed by atoms with Crippen LogP contribution in [0, 0.1) is 11.8 Å². The Labute approximate surface area is 179 Å². The smallest absolute Gasteiger partial charge is 0.314 e. The molecule has 5 atom stereocenters. The summed E-state index contributed by atoms with van der Waals surface area (Å²) in [7, 11) is 0. The zero-order valence-electron chi connectivity index (χ0n) is 16.8. The SMILES string of the molecule is CCCC1(F)C(F)CC(F)(C2CCC(C(=O)Oc3ccc(S)cc3)CC2)C(F)C1F. The quantitative estimate of drug-likeness (QED) is 0.246. The molecule has 0 spiro atoms. The first-order valence-corrected chi connectivity index (χ1v) is 10.9. The van der Waals surface area contributed by atoms with Crippen LogP contribution < -0.4 is 4.74 Å². The third-order valence-corrected chi connectivity index (χ3v) is 6.91. The topological polar surface area (TPSA) is 26.3 Å². The number of alkyl halides is 5. The third-order valence-electron chi connectivity index (χ3n) is 6.61. The van der Waals surface area contributed by atoms with Crippen LogP contribution in [0.1, 0.15) is 51.9 Å². The lowest BCUT2D eigenvalue weighted by Crippen LogP contribution is -2.64. The lowest BCUT2D eigenvalue weighted by molar-refractivity contribution is -0.177. The van der Waals surface area contributed by atoms with E-state index in [0.29, 0.717) is 10.6 Å².